The van der Waals surface area contributed by atoms with Crippen molar-refractivity contribution in [3.8, 4) is 0 Å². The summed E-state index contributed by atoms with van der Waals surface area (Å²) in [6.07, 6.45) is 8.45. The number of amides is 1. The summed E-state index contributed by atoms with van der Waals surface area (Å²) in [5.74, 6) is -0.611. The van der Waals surface area contributed by atoms with Gasteiger partial charge in [0.05, 0.1) is 12.0 Å². The second-order valence-corrected chi connectivity index (χ2v) is 8.08. The fourth-order valence-electron chi connectivity index (χ4n) is 4.71. The van der Waals surface area contributed by atoms with Crippen molar-refractivity contribution in [2.45, 2.75) is 76.4 Å². The van der Waals surface area contributed by atoms with E-state index < -0.39 is 5.97 Å². The van der Waals surface area contributed by atoms with Crippen molar-refractivity contribution in [1.29, 1.82) is 0 Å². The zero-order chi connectivity index (χ0) is 17.8. The number of carbonyl (C=O) groups is 2. The van der Waals surface area contributed by atoms with Crippen LogP contribution >= 0.6 is 0 Å². The van der Waals surface area contributed by atoms with E-state index in [-0.39, 0.29) is 17.9 Å². The monoisotopic (exact) mass is 351 g/mol. The summed E-state index contributed by atoms with van der Waals surface area (Å²) in [6, 6.07) is 0.901. The molecule has 1 unspecified atom stereocenters. The molecular formula is C19H33N3O3. The number of hydrogen-bond donors (Lipinski definition) is 2. The molecule has 1 aliphatic carbocycles. The van der Waals surface area contributed by atoms with Gasteiger partial charge in [-0.25, -0.2) is 0 Å². The quantitative estimate of drug-likeness (QED) is 0.789. The lowest BCUT2D eigenvalue weighted by atomic mass is 9.93. The van der Waals surface area contributed by atoms with Crippen molar-refractivity contribution in [3.05, 3.63) is 0 Å². The lowest BCUT2D eigenvalue weighted by Crippen LogP contribution is -2.53. The van der Waals surface area contributed by atoms with Gasteiger partial charge in [-0.15, -0.1) is 0 Å². The summed E-state index contributed by atoms with van der Waals surface area (Å²) < 4.78 is 0. The molecule has 25 heavy (non-hydrogen) atoms. The van der Waals surface area contributed by atoms with Gasteiger partial charge in [-0.05, 0) is 58.5 Å². The lowest BCUT2D eigenvalue weighted by Gasteiger charge is -2.42. The van der Waals surface area contributed by atoms with E-state index in [0.29, 0.717) is 12.1 Å². The molecule has 2 saturated heterocycles. The third kappa shape index (κ3) is 4.73. The molecule has 0 aromatic rings. The van der Waals surface area contributed by atoms with Crippen molar-refractivity contribution < 1.29 is 14.7 Å². The summed E-state index contributed by atoms with van der Waals surface area (Å²) >= 11 is 0. The van der Waals surface area contributed by atoms with Crippen LogP contribution in [0.1, 0.15) is 58.3 Å². The molecule has 2 aliphatic heterocycles. The molecule has 3 rings (SSSR count). The van der Waals surface area contributed by atoms with Crippen LogP contribution in [-0.4, -0.2) is 71.1 Å². The van der Waals surface area contributed by atoms with E-state index in [9.17, 15) is 9.59 Å². The van der Waals surface area contributed by atoms with Crippen LogP contribution in [0.4, 0.5) is 0 Å². The Bertz CT molecular complexity index is 463. The second kappa shape index (κ2) is 8.49. The standard InChI is InChI=1S/C19H33N3O3/c1-14(18(23)20-16-4-2-3-5-16)21-12-8-17(9-13-21)22-10-6-15(7-11-22)19(24)25/h14-17H,2-13H2,1H3,(H,20,23)(H,24,25). The van der Waals surface area contributed by atoms with Gasteiger partial charge in [-0.1, -0.05) is 12.8 Å². The van der Waals surface area contributed by atoms with Crippen LogP contribution in [0, 0.1) is 5.92 Å². The molecule has 3 fully saturated rings. The Labute approximate surface area is 150 Å². The Balaban J connectivity index is 1.40. The van der Waals surface area contributed by atoms with Crippen molar-refractivity contribution in [3.63, 3.8) is 0 Å². The van der Waals surface area contributed by atoms with Crippen LogP contribution in [0.5, 0.6) is 0 Å². The number of piperidine rings is 2. The minimum atomic E-state index is -0.642. The largest absolute Gasteiger partial charge is 0.481 e. The molecule has 1 amide bonds. The number of likely N-dealkylation sites (tertiary alicyclic amines) is 2. The average molecular weight is 351 g/mol. The highest BCUT2D eigenvalue weighted by atomic mass is 16.4. The molecule has 0 bridgehead atoms. The summed E-state index contributed by atoms with van der Waals surface area (Å²) in [7, 11) is 0. The molecule has 1 atom stereocenters. The van der Waals surface area contributed by atoms with Crippen LogP contribution in [0.15, 0.2) is 0 Å². The fourth-order valence-corrected chi connectivity index (χ4v) is 4.71. The molecule has 0 aromatic carbocycles. The molecule has 2 N–H and O–H groups in total. The van der Waals surface area contributed by atoms with Crippen molar-refractivity contribution >= 4 is 11.9 Å². The van der Waals surface area contributed by atoms with Gasteiger partial charge in [0.1, 0.15) is 0 Å². The average Bonchev–Trinajstić information content (AvgIpc) is 3.14. The zero-order valence-corrected chi connectivity index (χ0v) is 15.5. The molecule has 1 saturated carbocycles. The first-order chi connectivity index (χ1) is 12.0. The first-order valence-corrected chi connectivity index (χ1v) is 10.1. The number of rotatable bonds is 5. The van der Waals surface area contributed by atoms with Crippen molar-refractivity contribution in [2.24, 2.45) is 5.92 Å². The number of hydrogen-bond acceptors (Lipinski definition) is 4. The Kier molecular flexibility index (Phi) is 6.34. The topological polar surface area (TPSA) is 72.9 Å². The number of carbonyl (C=O) groups excluding carboxylic acids is 1. The van der Waals surface area contributed by atoms with E-state index in [4.69, 9.17) is 5.11 Å². The van der Waals surface area contributed by atoms with Crippen LogP contribution < -0.4 is 5.32 Å². The Morgan fingerprint density at radius 3 is 2.12 bits per heavy atom. The molecule has 0 spiro atoms. The molecule has 6 nitrogen and oxygen atoms in total. The lowest BCUT2D eigenvalue weighted by molar-refractivity contribution is -0.143. The van der Waals surface area contributed by atoms with Crippen LogP contribution in [0.2, 0.25) is 0 Å². The van der Waals surface area contributed by atoms with E-state index in [1.165, 1.54) is 12.8 Å². The van der Waals surface area contributed by atoms with Crippen LogP contribution in [0.25, 0.3) is 0 Å². The minimum Gasteiger partial charge on any atom is -0.481 e. The van der Waals surface area contributed by atoms with E-state index in [1.54, 1.807) is 0 Å². The van der Waals surface area contributed by atoms with Gasteiger partial charge < -0.3 is 15.3 Å². The second-order valence-electron chi connectivity index (χ2n) is 8.08. The maximum atomic E-state index is 12.5. The Hall–Kier alpha value is -1.14. The summed E-state index contributed by atoms with van der Waals surface area (Å²) in [4.78, 5) is 28.3. The van der Waals surface area contributed by atoms with Gasteiger partial charge in [0.25, 0.3) is 0 Å². The van der Waals surface area contributed by atoms with Gasteiger partial charge in [-0.3, -0.25) is 14.5 Å². The SMILES string of the molecule is CC(C(=O)NC1CCCC1)N1CCC(N2CCC(C(=O)O)CC2)CC1. The molecule has 0 radical (unpaired) electrons. The number of nitrogens with one attached hydrogen (secondary N) is 1. The van der Waals surface area contributed by atoms with Crippen molar-refractivity contribution in [1.82, 2.24) is 15.1 Å². The predicted octanol–water partition coefficient (Wildman–Crippen LogP) is 1.69. The third-order valence-corrected chi connectivity index (χ3v) is 6.52. The summed E-state index contributed by atoms with van der Waals surface area (Å²) in [5, 5.41) is 12.3. The van der Waals surface area contributed by atoms with E-state index >= 15 is 0 Å². The molecule has 0 aromatic heterocycles. The first kappa shape index (κ1) is 18.6. The highest BCUT2D eigenvalue weighted by Gasteiger charge is 2.33. The van der Waals surface area contributed by atoms with Gasteiger partial charge in [0.2, 0.25) is 5.91 Å². The van der Waals surface area contributed by atoms with E-state index in [1.807, 2.05) is 6.92 Å². The fraction of sp³-hybridized carbons (Fsp3) is 0.895. The van der Waals surface area contributed by atoms with E-state index in [2.05, 4.69) is 15.1 Å². The third-order valence-electron chi connectivity index (χ3n) is 6.52. The Morgan fingerprint density at radius 1 is 0.960 bits per heavy atom. The van der Waals surface area contributed by atoms with Crippen LogP contribution in [-0.2, 0) is 9.59 Å². The molecule has 3 aliphatic rings. The maximum absolute atomic E-state index is 12.5. The number of aliphatic carboxylic acids is 1. The van der Waals surface area contributed by atoms with Crippen molar-refractivity contribution in [2.75, 3.05) is 26.2 Å². The van der Waals surface area contributed by atoms with Gasteiger partial charge in [0, 0.05) is 25.2 Å². The summed E-state index contributed by atoms with van der Waals surface area (Å²) in [5.41, 5.74) is 0. The molecule has 6 heteroatoms. The highest BCUT2D eigenvalue weighted by molar-refractivity contribution is 5.81. The van der Waals surface area contributed by atoms with Gasteiger partial charge in [-0.2, -0.15) is 0 Å². The van der Waals surface area contributed by atoms with Gasteiger partial charge in [0.15, 0.2) is 0 Å². The smallest absolute Gasteiger partial charge is 0.306 e. The normalized spacial score (nSPS) is 26.6. The predicted molar refractivity (Wildman–Crippen MR) is 96.4 cm³/mol. The van der Waals surface area contributed by atoms with Crippen LogP contribution in [0.3, 0.4) is 0 Å². The minimum absolute atomic E-state index is 0.0423. The molecule has 2 heterocycles. The number of carboxylic acid groups (broad SMARTS) is 1. The molecular weight excluding hydrogens is 318 g/mol. The number of carboxylic acids is 1. The summed E-state index contributed by atoms with van der Waals surface area (Å²) in [6.45, 7) is 5.76. The molecule has 142 valence electrons. The zero-order valence-electron chi connectivity index (χ0n) is 15.5. The van der Waals surface area contributed by atoms with Gasteiger partial charge >= 0.3 is 5.97 Å². The highest BCUT2D eigenvalue weighted by Crippen LogP contribution is 2.25. The first-order valence-electron chi connectivity index (χ1n) is 10.1. The number of nitrogens with zero attached hydrogens (tertiary/aromatic N) is 2. The Morgan fingerprint density at radius 2 is 1.56 bits per heavy atom. The maximum Gasteiger partial charge on any atom is 0.306 e. The van der Waals surface area contributed by atoms with E-state index in [0.717, 1.165) is 64.7 Å².